The maximum Gasteiger partial charge on any atom is 0.0933 e. The number of benzene rings is 5. The Labute approximate surface area is 271 Å². The van der Waals surface area contributed by atoms with Crippen LogP contribution >= 0.6 is 0 Å². The average molecular weight is 593 g/mol. The Morgan fingerprint density at radius 2 is 1.30 bits per heavy atom. The number of rotatable bonds is 3. The van der Waals surface area contributed by atoms with Gasteiger partial charge in [-0.2, -0.15) is 0 Å². The van der Waals surface area contributed by atoms with E-state index in [-0.39, 0.29) is 11.3 Å². The van der Waals surface area contributed by atoms with E-state index in [1.807, 2.05) is 0 Å². The van der Waals surface area contributed by atoms with Crippen LogP contribution in [-0.4, -0.2) is 9.97 Å². The molecule has 0 amide bonds. The van der Waals surface area contributed by atoms with Gasteiger partial charge >= 0.3 is 0 Å². The molecule has 0 fully saturated rings. The molecule has 1 aromatic heterocycles. The summed E-state index contributed by atoms with van der Waals surface area (Å²) in [6, 6.07) is 46.4. The van der Waals surface area contributed by atoms with E-state index in [4.69, 9.17) is 9.97 Å². The van der Waals surface area contributed by atoms with Crippen molar-refractivity contribution in [1.82, 2.24) is 9.97 Å². The average Bonchev–Trinajstić information content (AvgIpc) is 3.22. The van der Waals surface area contributed by atoms with Crippen LogP contribution < -0.4 is 0 Å². The Kier molecular flexibility index (Phi) is 6.21. The Morgan fingerprint density at radius 3 is 2.17 bits per heavy atom. The molecule has 3 aliphatic rings. The second-order valence-electron chi connectivity index (χ2n) is 13.7. The molecule has 2 unspecified atom stereocenters. The third-order valence-electron chi connectivity index (χ3n) is 10.7. The van der Waals surface area contributed by atoms with Gasteiger partial charge in [-0.05, 0) is 64.3 Å². The number of nitrogens with zero attached hydrogens (tertiary/aromatic N) is 2. The molecule has 0 radical (unpaired) electrons. The zero-order chi connectivity index (χ0) is 30.8. The van der Waals surface area contributed by atoms with Gasteiger partial charge in [0.1, 0.15) is 0 Å². The van der Waals surface area contributed by atoms with E-state index >= 15 is 0 Å². The van der Waals surface area contributed by atoms with Crippen molar-refractivity contribution in [3.8, 4) is 33.6 Å². The Hall–Kier alpha value is -5.08. The Balaban J connectivity index is 1.27. The Morgan fingerprint density at radius 1 is 0.609 bits per heavy atom. The number of aromatic nitrogens is 2. The van der Waals surface area contributed by atoms with Gasteiger partial charge in [-0.1, -0.05) is 147 Å². The fourth-order valence-electron chi connectivity index (χ4n) is 8.33. The minimum Gasteiger partial charge on any atom is -0.248 e. The van der Waals surface area contributed by atoms with Gasteiger partial charge in [-0.15, -0.1) is 0 Å². The van der Waals surface area contributed by atoms with E-state index < -0.39 is 0 Å². The molecule has 1 heterocycles. The molecule has 5 aromatic carbocycles. The summed E-state index contributed by atoms with van der Waals surface area (Å²) in [6.45, 7) is 4.60. The van der Waals surface area contributed by atoms with Gasteiger partial charge in [0, 0.05) is 28.4 Å². The summed E-state index contributed by atoms with van der Waals surface area (Å²) in [6.07, 6.45) is 5.57. The summed E-state index contributed by atoms with van der Waals surface area (Å²) in [4.78, 5) is 11.4. The standard InChI is InChI=1S/C44H36N2/c1-44(2)39-22-11-10-21-37(39)42-43(44)46-40(33-18-12-17-29(26-33)28-13-4-3-5-14-28)41(45-42)36-24-23-32-25-30-15-6-7-16-31(30)27-38(32)35-20-9-8-19-34(35)36/h3-22,25-26,36,38H,23-24,27H2,1-2H3. The summed E-state index contributed by atoms with van der Waals surface area (Å²) >= 11 is 0. The van der Waals surface area contributed by atoms with Crippen molar-refractivity contribution in [3.05, 3.63) is 172 Å². The minimum absolute atomic E-state index is 0.134. The number of hydrogen-bond acceptors (Lipinski definition) is 2. The van der Waals surface area contributed by atoms with Gasteiger partial charge in [0.25, 0.3) is 0 Å². The molecule has 6 aromatic rings. The van der Waals surface area contributed by atoms with Crippen LogP contribution in [0.1, 0.15) is 77.7 Å². The highest BCUT2D eigenvalue weighted by molar-refractivity contribution is 5.80. The first-order valence-corrected chi connectivity index (χ1v) is 16.6. The monoisotopic (exact) mass is 592 g/mol. The van der Waals surface area contributed by atoms with Gasteiger partial charge in [0.05, 0.1) is 22.8 Å². The van der Waals surface area contributed by atoms with Gasteiger partial charge in [-0.3, -0.25) is 0 Å². The molecule has 0 N–H and O–H groups in total. The highest BCUT2D eigenvalue weighted by Crippen LogP contribution is 2.51. The zero-order valence-corrected chi connectivity index (χ0v) is 26.4. The lowest BCUT2D eigenvalue weighted by Crippen LogP contribution is -2.19. The van der Waals surface area contributed by atoms with Crippen LogP contribution in [0.4, 0.5) is 0 Å². The van der Waals surface area contributed by atoms with E-state index in [0.717, 1.165) is 47.6 Å². The maximum atomic E-state index is 5.71. The van der Waals surface area contributed by atoms with Crippen LogP contribution in [0.3, 0.4) is 0 Å². The molecule has 2 atom stereocenters. The summed E-state index contributed by atoms with van der Waals surface area (Å²) in [5, 5.41) is 0. The molecule has 0 spiro atoms. The van der Waals surface area contributed by atoms with Crippen molar-refractivity contribution in [2.24, 2.45) is 0 Å². The van der Waals surface area contributed by atoms with E-state index in [0.29, 0.717) is 5.92 Å². The quantitative estimate of drug-likeness (QED) is 0.204. The lowest BCUT2D eigenvalue weighted by atomic mass is 9.78. The maximum absolute atomic E-state index is 5.71. The van der Waals surface area contributed by atoms with Crippen LogP contribution in [0.5, 0.6) is 0 Å². The molecule has 0 saturated heterocycles. The van der Waals surface area contributed by atoms with Crippen molar-refractivity contribution < 1.29 is 0 Å². The molecule has 0 aliphatic heterocycles. The highest BCUT2D eigenvalue weighted by Gasteiger charge is 2.40. The molecule has 3 aliphatic carbocycles. The highest BCUT2D eigenvalue weighted by atomic mass is 14.9. The van der Waals surface area contributed by atoms with E-state index in [2.05, 4.69) is 147 Å². The fraction of sp³-hybridized carbons (Fsp3) is 0.182. The van der Waals surface area contributed by atoms with Crippen LogP contribution in [0.25, 0.3) is 39.7 Å². The zero-order valence-electron chi connectivity index (χ0n) is 26.4. The first-order chi connectivity index (χ1) is 22.6. The molecule has 2 nitrogen and oxygen atoms in total. The molecule has 0 bridgehead atoms. The van der Waals surface area contributed by atoms with E-state index in [1.165, 1.54) is 44.5 Å². The summed E-state index contributed by atoms with van der Waals surface area (Å²) in [5.74, 6) is 0.526. The fourth-order valence-corrected chi connectivity index (χ4v) is 8.33. The van der Waals surface area contributed by atoms with E-state index in [9.17, 15) is 0 Å². The summed E-state index contributed by atoms with van der Waals surface area (Å²) in [5.41, 5.74) is 17.3. The van der Waals surface area contributed by atoms with Crippen LogP contribution in [-0.2, 0) is 11.8 Å². The van der Waals surface area contributed by atoms with E-state index in [1.54, 1.807) is 5.57 Å². The summed E-state index contributed by atoms with van der Waals surface area (Å²) < 4.78 is 0. The normalized spacial score (nSPS) is 18.7. The molecule has 0 saturated carbocycles. The molecular formula is C44H36N2. The van der Waals surface area contributed by atoms with Crippen LogP contribution in [0.2, 0.25) is 0 Å². The van der Waals surface area contributed by atoms with Crippen molar-refractivity contribution in [2.75, 3.05) is 0 Å². The largest absolute Gasteiger partial charge is 0.248 e. The predicted octanol–water partition coefficient (Wildman–Crippen LogP) is 10.8. The lowest BCUT2D eigenvalue weighted by molar-refractivity contribution is 0.630. The van der Waals surface area contributed by atoms with Gasteiger partial charge in [-0.25, -0.2) is 9.97 Å². The third kappa shape index (κ3) is 4.24. The van der Waals surface area contributed by atoms with Gasteiger partial charge < -0.3 is 0 Å². The Bertz CT molecular complexity index is 2170. The molecule has 222 valence electrons. The second kappa shape index (κ2) is 10.5. The van der Waals surface area contributed by atoms with Crippen LogP contribution in [0, 0.1) is 0 Å². The van der Waals surface area contributed by atoms with Crippen molar-refractivity contribution in [3.63, 3.8) is 0 Å². The molecule has 46 heavy (non-hydrogen) atoms. The number of hydrogen-bond donors (Lipinski definition) is 0. The topological polar surface area (TPSA) is 25.8 Å². The first-order valence-electron chi connectivity index (χ1n) is 16.6. The molecule has 2 heteroatoms. The first kappa shape index (κ1) is 27.2. The number of fused-ring (bicyclic) bond motifs is 7. The SMILES string of the molecule is CC1(C)c2ccccc2-c2nc(C3CCC4=Cc5ccccc5CC4c4ccccc43)c(-c3cccc(-c4ccccc4)c3)nc21. The lowest BCUT2D eigenvalue weighted by Gasteiger charge is -2.27. The van der Waals surface area contributed by atoms with Crippen molar-refractivity contribution in [2.45, 2.75) is 50.4 Å². The van der Waals surface area contributed by atoms with Crippen molar-refractivity contribution >= 4 is 6.08 Å². The van der Waals surface area contributed by atoms with Crippen LogP contribution in [0.15, 0.2) is 133 Å². The second-order valence-corrected chi connectivity index (χ2v) is 13.7. The molecular weight excluding hydrogens is 556 g/mol. The minimum atomic E-state index is -0.226. The molecule has 9 rings (SSSR count). The number of allylic oxidation sites excluding steroid dienone is 1. The van der Waals surface area contributed by atoms with Gasteiger partial charge in [0.15, 0.2) is 0 Å². The third-order valence-corrected chi connectivity index (χ3v) is 10.7. The van der Waals surface area contributed by atoms with Crippen molar-refractivity contribution in [1.29, 1.82) is 0 Å². The summed E-state index contributed by atoms with van der Waals surface area (Å²) in [7, 11) is 0. The van der Waals surface area contributed by atoms with Gasteiger partial charge in [0.2, 0.25) is 0 Å². The smallest absolute Gasteiger partial charge is 0.0933 e. The predicted molar refractivity (Wildman–Crippen MR) is 189 cm³/mol.